The molecule has 0 fully saturated rings. The quantitative estimate of drug-likeness (QED) is 0.638. The summed E-state index contributed by atoms with van der Waals surface area (Å²) < 4.78 is 27.9. The van der Waals surface area contributed by atoms with Crippen LogP contribution in [0.3, 0.4) is 0 Å². The summed E-state index contributed by atoms with van der Waals surface area (Å²) in [5, 5.41) is 0.812. The van der Waals surface area contributed by atoms with Gasteiger partial charge in [-0.15, -0.1) is 0 Å². The van der Waals surface area contributed by atoms with E-state index in [1.807, 2.05) is 6.92 Å². The van der Waals surface area contributed by atoms with E-state index in [0.717, 1.165) is 11.8 Å². The van der Waals surface area contributed by atoms with E-state index in [2.05, 4.69) is 15.9 Å². The minimum Gasteiger partial charge on any atom is -0.375 e. The van der Waals surface area contributed by atoms with Crippen LogP contribution in [-0.2, 0) is 4.74 Å². The molecule has 0 saturated heterocycles. The number of halogens is 3. The maximum Gasteiger partial charge on any atom is 0.261 e. The van der Waals surface area contributed by atoms with Crippen molar-refractivity contribution in [3.05, 3.63) is 0 Å². The lowest BCUT2D eigenvalue weighted by Gasteiger charge is -2.10. The van der Waals surface area contributed by atoms with E-state index < -0.39 is 13.0 Å². The molecule has 0 aliphatic carbocycles. The first-order chi connectivity index (χ1) is 5.20. The highest BCUT2D eigenvalue weighted by Crippen LogP contribution is 2.07. The summed E-state index contributed by atoms with van der Waals surface area (Å²) in [5.41, 5.74) is 0. The number of hydrogen-bond acceptors (Lipinski definition) is 1. The van der Waals surface area contributed by atoms with E-state index in [9.17, 15) is 8.78 Å². The molecule has 1 atom stereocenters. The molecule has 0 rings (SSSR count). The maximum atomic E-state index is 11.6. The van der Waals surface area contributed by atoms with Crippen LogP contribution in [0.5, 0.6) is 0 Å². The molecular weight excluding hydrogens is 218 g/mol. The maximum absolute atomic E-state index is 11.6. The zero-order chi connectivity index (χ0) is 8.69. The average molecular weight is 231 g/mol. The van der Waals surface area contributed by atoms with Gasteiger partial charge in [0.05, 0.1) is 6.61 Å². The summed E-state index contributed by atoms with van der Waals surface area (Å²) in [6.07, 6.45) is -1.39. The van der Waals surface area contributed by atoms with Gasteiger partial charge in [-0.25, -0.2) is 8.78 Å². The van der Waals surface area contributed by atoms with Gasteiger partial charge in [0, 0.05) is 5.33 Å². The van der Waals surface area contributed by atoms with Gasteiger partial charge in [0.2, 0.25) is 0 Å². The Morgan fingerprint density at radius 1 is 1.36 bits per heavy atom. The summed E-state index contributed by atoms with van der Waals surface area (Å²) in [4.78, 5) is 0. The van der Waals surface area contributed by atoms with Gasteiger partial charge in [-0.2, -0.15) is 0 Å². The van der Waals surface area contributed by atoms with Crippen molar-refractivity contribution in [1.29, 1.82) is 0 Å². The zero-order valence-corrected chi connectivity index (χ0v) is 8.11. The first-order valence-electron chi connectivity index (χ1n) is 3.62. The molecule has 0 aromatic heterocycles. The fourth-order valence-corrected chi connectivity index (χ4v) is 1.24. The lowest BCUT2D eigenvalue weighted by molar-refractivity contribution is 0.00628. The Labute approximate surface area is 74.2 Å². The van der Waals surface area contributed by atoms with Crippen LogP contribution < -0.4 is 0 Å². The third kappa shape index (κ3) is 6.69. The van der Waals surface area contributed by atoms with Crippen LogP contribution in [-0.4, -0.2) is 25.0 Å². The molecule has 0 saturated carbocycles. The Bertz CT molecular complexity index is 86.5. The normalized spacial score (nSPS) is 13.9. The highest BCUT2D eigenvalue weighted by Gasteiger charge is 2.06. The van der Waals surface area contributed by atoms with Crippen LogP contribution >= 0.6 is 15.9 Å². The van der Waals surface area contributed by atoms with Crippen molar-refractivity contribution in [2.75, 3.05) is 18.5 Å². The molecule has 0 heterocycles. The van der Waals surface area contributed by atoms with Gasteiger partial charge < -0.3 is 4.74 Å². The minimum absolute atomic E-state index is 0.355. The third-order valence-corrected chi connectivity index (χ3v) is 2.31. The number of alkyl halides is 3. The summed E-state index contributed by atoms with van der Waals surface area (Å²) in [6, 6.07) is 0. The molecule has 0 amide bonds. The predicted molar refractivity (Wildman–Crippen MR) is 44.4 cm³/mol. The molecule has 1 nitrogen and oxygen atoms in total. The standard InChI is InChI=1S/C7H13BrF2O/c1-2-6(3-8)4-11-5-7(9)10/h6-7H,2-5H2,1H3. The van der Waals surface area contributed by atoms with Crippen molar-refractivity contribution < 1.29 is 13.5 Å². The molecule has 0 aromatic carbocycles. The molecule has 68 valence electrons. The van der Waals surface area contributed by atoms with E-state index in [1.54, 1.807) is 0 Å². The number of hydrogen-bond donors (Lipinski definition) is 0. The van der Waals surface area contributed by atoms with E-state index in [0.29, 0.717) is 12.5 Å². The van der Waals surface area contributed by atoms with Gasteiger partial charge in [0.1, 0.15) is 6.61 Å². The molecule has 0 aliphatic heterocycles. The smallest absolute Gasteiger partial charge is 0.261 e. The van der Waals surface area contributed by atoms with Crippen molar-refractivity contribution >= 4 is 15.9 Å². The van der Waals surface area contributed by atoms with Crippen LogP contribution in [0.4, 0.5) is 8.78 Å². The Hall–Kier alpha value is 0.300. The fraction of sp³-hybridized carbons (Fsp3) is 1.00. The van der Waals surface area contributed by atoms with Crippen molar-refractivity contribution in [2.24, 2.45) is 5.92 Å². The summed E-state index contributed by atoms with van der Waals surface area (Å²) in [5.74, 6) is 0.355. The first-order valence-corrected chi connectivity index (χ1v) is 4.74. The molecule has 0 N–H and O–H groups in total. The number of ether oxygens (including phenoxy) is 1. The SMILES string of the molecule is CCC(CBr)COCC(F)F. The van der Waals surface area contributed by atoms with E-state index in [1.165, 1.54) is 0 Å². The molecule has 0 bridgehead atoms. The first kappa shape index (κ1) is 11.3. The summed E-state index contributed by atoms with van der Waals surface area (Å²) in [7, 11) is 0. The average Bonchev–Trinajstić information content (AvgIpc) is 1.98. The largest absolute Gasteiger partial charge is 0.375 e. The van der Waals surface area contributed by atoms with E-state index in [-0.39, 0.29) is 0 Å². The van der Waals surface area contributed by atoms with E-state index >= 15 is 0 Å². The lowest BCUT2D eigenvalue weighted by Crippen LogP contribution is -2.13. The predicted octanol–water partition coefficient (Wildman–Crippen LogP) is 2.69. The van der Waals surface area contributed by atoms with Crippen molar-refractivity contribution in [3.8, 4) is 0 Å². The van der Waals surface area contributed by atoms with Crippen molar-refractivity contribution in [2.45, 2.75) is 19.8 Å². The molecule has 0 aliphatic rings. The Morgan fingerprint density at radius 2 is 2.00 bits per heavy atom. The monoisotopic (exact) mass is 230 g/mol. The molecule has 1 unspecified atom stereocenters. The Morgan fingerprint density at radius 3 is 2.36 bits per heavy atom. The highest BCUT2D eigenvalue weighted by molar-refractivity contribution is 9.09. The molecular formula is C7H13BrF2O. The molecule has 0 spiro atoms. The van der Waals surface area contributed by atoms with Crippen molar-refractivity contribution in [3.63, 3.8) is 0 Å². The topological polar surface area (TPSA) is 9.23 Å². The molecule has 4 heteroatoms. The Kier molecular flexibility index (Phi) is 7.17. The number of rotatable bonds is 6. The summed E-state index contributed by atoms with van der Waals surface area (Å²) in [6.45, 7) is 1.99. The van der Waals surface area contributed by atoms with Gasteiger partial charge in [0.15, 0.2) is 0 Å². The Balaban J connectivity index is 3.21. The van der Waals surface area contributed by atoms with Gasteiger partial charge in [0.25, 0.3) is 6.43 Å². The van der Waals surface area contributed by atoms with Crippen LogP contribution in [0.15, 0.2) is 0 Å². The highest BCUT2D eigenvalue weighted by atomic mass is 79.9. The van der Waals surface area contributed by atoms with E-state index in [4.69, 9.17) is 4.74 Å². The zero-order valence-electron chi connectivity index (χ0n) is 6.53. The van der Waals surface area contributed by atoms with Crippen molar-refractivity contribution in [1.82, 2.24) is 0 Å². The summed E-state index contributed by atoms with van der Waals surface area (Å²) >= 11 is 3.28. The van der Waals surface area contributed by atoms with Gasteiger partial charge in [-0.05, 0) is 5.92 Å². The van der Waals surface area contributed by atoms with Gasteiger partial charge in [-0.1, -0.05) is 29.3 Å². The fourth-order valence-electron chi connectivity index (χ4n) is 0.595. The second-order valence-corrected chi connectivity index (χ2v) is 3.00. The van der Waals surface area contributed by atoms with Gasteiger partial charge >= 0.3 is 0 Å². The van der Waals surface area contributed by atoms with Crippen LogP contribution in [0.2, 0.25) is 0 Å². The van der Waals surface area contributed by atoms with Crippen LogP contribution in [0.1, 0.15) is 13.3 Å². The lowest BCUT2D eigenvalue weighted by atomic mass is 10.1. The third-order valence-electron chi connectivity index (χ3n) is 1.39. The minimum atomic E-state index is -2.34. The molecule has 0 aromatic rings. The molecule has 11 heavy (non-hydrogen) atoms. The molecule has 0 radical (unpaired) electrons. The van der Waals surface area contributed by atoms with Crippen LogP contribution in [0, 0.1) is 5.92 Å². The van der Waals surface area contributed by atoms with Gasteiger partial charge in [-0.3, -0.25) is 0 Å². The second-order valence-electron chi connectivity index (χ2n) is 2.36. The van der Waals surface area contributed by atoms with Crippen LogP contribution in [0.25, 0.3) is 0 Å². The second kappa shape index (κ2) is 6.98.